The van der Waals surface area contributed by atoms with Gasteiger partial charge in [0.25, 0.3) is 0 Å². The highest BCUT2D eigenvalue weighted by Crippen LogP contribution is 2.38. The SMILES string of the molecule is CC(C)n1c(/C=C/[C@@H](O)C[C@@H](O)CC(=O)OC2O[C@H](C(=O)O)[C@@H](O)C(O)[C@H]2O)c(-c2ccc(F)cc2)c2ccccc21. The molecule has 1 fully saturated rings. The van der Waals surface area contributed by atoms with Gasteiger partial charge in [-0.1, -0.05) is 36.4 Å². The van der Waals surface area contributed by atoms with Gasteiger partial charge >= 0.3 is 11.9 Å². The van der Waals surface area contributed by atoms with E-state index in [-0.39, 0.29) is 18.3 Å². The number of fused-ring (bicyclic) bond motifs is 1. The van der Waals surface area contributed by atoms with Crippen molar-refractivity contribution in [3.63, 3.8) is 0 Å². The van der Waals surface area contributed by atoms with E-state index in [2.05, 4.69) is 4.57 Å². The van der Waals surface area contributed by atoms with Gasteiger partial charge in [0, 0.05) is 34.6 Å². The third-order valence-electron chi connectivity index (χ3n) is 7.05. The lowest BCUT2D eigenvalue weighted by Crippen LogP contribution is -2.60. The highest BCUT2D eigenvalue weighted by molar-refractivity contribution is 6.01. The molecule has 7 atom stereocenters. The Morgan fingerprint density at radius 1 is 1.02 bits per heavy atom. The first kappa shape index (κ1) is 31.3. The summed E-state index contributed by atoms with van der Waals surface area (Å²) < 4.78 is 25.6. The molecule has 1 aliphatic heterocycles. The Labute approximate surface area is 240 Å². The fraction of sp³-hybridized carbons (Fsp3) is 0.400. The second-order valence-corrected chi connectivity index (χ2v) is 10.5. The predicted octanol–water partition coefficient (Wildman–Crippen LogP) is 1.98. The van der Waals surface area contributed by atoms with Crippen LogP contribution in [-0.2, 0) is 19.1 Å². The Kier molecular flexibility index (Phi) is 9.77. The standard InChI is InChI=1S/C30H34FNO10/c1-15(2)32-21-6-4-3-5-20(21)24(16-7-9-17(31)10-8-16)22(32)12-11-18(33)13-19(34)14-23(35)41-30-27(38)25(36)26(37)28(42-30)29(39)40/h3-12,15,18-19,25-28,30,33-34,36-38H,13-14H2,1-2H3,(H,39,40)/b12-11+/t18-,19-,25?,26+,27-,28+,30?/m1/s1. The van der Waals surface area contributed by atoms with Crippen LogP contribution in [0.1, 0.15) is 38.4 Å². The summed E-state index contributed by atoms with van der Waals surface area (Å²) in [6, 6.07) is 13.9. The molecule has 12 heteroatoms. The summed E-state index contributed by atoms with van der Waals surface area (Å²) in [5, 5.41) is 60.7. The molecule has 11 nitrogen and oxygen atoms in total. The Hall–Kier alpha value is -3.65. The van der Waals surface area contributed by atoms with E-state index in [0.29, 0.717) is 0 Å². The number of carboxylic acids is 1. The molecule has 0 bridgehead atoms. The molecule has 3 aromatic rings. The fourth-order valence-electron chi connectivity index (χ4n) is 5.09. The van der Waals surface area contributed by atoms with Crippen molar-refractivity contribution >= 4 is 28.9 Å². The zero-order chi connectivity index (χ0) is 30.7. The summed E-state index contributed by atoms with van der Waals surface area (Å²) in [6.07, 6.45) is -9.98. The minimum absolute atomic E-state index is 0.0268. The van der Waals surface area contributed by atoms with Crippen LogP contribution in [0.25, 0.3) is 28.1 Å². The van der Waals surface area contributed by atoms with Crippen LogP contribution in [0.15, 0.2) is 54.6 Å². The molecule has 2 unspecified atom stereocenters. The third kappa shape index (κ3) is 6.70. The van der Waals surface area contributed by atoms with Gasteiger partial charge in [-0.3, -0.25) is 4.79 Å². The number of para-hydroxylation sites is 1. The normalized spacial score (nSPS) is 24.3. The summed E-state index contributed by atoms with van der Waals surface area (Å²) in [7, 11) is 0. The van der Waals surface area contributed by atoms with E-state index in [1.807, 2.05) is 38.1 Å². The van der Waals surface area contributed by atoms with Gasteiger partial charge in [0.15, 0.2) is 6.10 Å². The lowest BCUT2D eigenvalue weighted by Gasteiger charge is -2.38. The zero-order valence-electron chi connectivity index (χ0n) is 22.9. The van der Waals surface area contributed by atoms with Crippen molar-refractivity contribution in [3.05, 3.63) is 66.1 Å². The van der Waals surface area contributed by atoms with E-state index < -0.39 is 61.3 Å². The summed E-state index contributed by atoms with van der Waals surface area (Å²) in [4.78, 5) is 23.6. The van der Waals surface area contributed by atoms with Crippen LogP contribution in [0.5, 0.6) is 0 Å². The molecule has 4 rings (SSSR count). The number of aliphatic hydroxyl groups is 5. The molecule has 0 radical (unpaired) electrons. The smallest absolute Gasteiger partial charge is 0.335 e. The highest BCUT2D eigenvalue weighted by atomic mass is 19.1. The number of carbonyl (C=O) groups excluding carboxylic acids is 1. The van der Waals surface area contributed by atoms with Crippen LogP contribution in [0.2, 0.25) is 0 Å². The van der Waals surface area contributed by atoms with Gasteiger partial charge in [0.05, 0.1) is 18.6 Å². The number of benzene rings is 2. The largest absolute Gasteiger partial charge is 0.479 e. The van der Waals surface area contributed by atoms with Crippen molar-refractivity contribution in [1.82, 2.24) is 4.57 Å². The topological polar surface area (TPSA) is 179 Å². The molecule has 1 aliphatic rings. The Morgan fingerprint density at radius 2 is 1.69 bits per heavy atom. The van der Waals surface area contributed by atoms with Crippen LogP contribution < -0.4 is 0 Å². The minimum atomic E-state index is -1.95. The number of esters is 1. The highest BCUT2D eigenvalue weighted by Gasteiger charge is 2.48. The summed E-state index contributed by atoms with van der Waals surface area (Å²) in [5.74, 6) is -3.09. The van der Waals surface area contributed by atoms with E-state index in [9.17, 15) is 39.5 Å². The van der Waals surface area contributed by atoms with E-state index >= 15 is 0 Å². The molecule has 0 spiro atoms. The van der Waals surface area contributed by atoms with Gasteiger partial charge in [-0.05, 0) is 43.7 Å². The first-order valence-electron chi connectivity index (χ1n) is 13.4. The van der Waals surface area contributed by atoms with Gasteiger partial charge in [-0.25, -0.2) is 9.18 Å². The molecule has 2 heterocycles. The second kappa shape index (κ2) is 13.1. The van der Waals surface area contributed by atoms with Gasteiger partial charge in [0.1, 0.15) is 24.1 Å². The van der Waals surface area contributed by atoms with E-state index in [4.69, 9.17) is 14.6 Å². The average molecular weight is 588 g/mol. The molecule has 2 aromatic carbocycles. The Balaban J connectivity index is 1.47. The molecule has 0 amide bonds. The number of nitrogens with zero attached hydrogens (tertiary/aromatic N) is 1. The number of aliphatic hydroxyl groups excluding tert-OH is 5. The molecule has 1 aromatic heterocycles. The fourth-order valence-corrected chi connectivity index (χ4v) is 5.09. The van der Waals surface area contributed by atoms with E-state index in [0.717, 1.165) is 27.7 Å². The minimum Gasteiger partial charge on any atom is -0.479 e. The van der Waals surface area contributed by atoms with Crippen molar-refractivity contribution in [2.75, 3.05) is 0 Å². The number of hydrogen-bond donors (Lipinski definition) is 6. The Morgan fingerprint density at radius 3 is 2.33 bits per heavy atom. The maximum absolute atomic E-state index is 13.7. The van der Waals surface area contributed by atoms with Crippen molar-refractivity contribution < 1.29 is 54.1 Å². The van der Waals surface area contributed by atoms with Gasteiger partial charge in [0.2, 0.25) is 6.29 Å². The second-order valence-electron chi connectivity index (χ2n) is 10.5. The van der Waals surface area contributed by atoms with Crippen LogP contribution in [0, 0.1) is 5.82 Å². The number of ether oxygens (including phenoxy) is 2. The summed E-state index contributed by atoms with van der Waals surface area (Å²) in [5.41, 5.74) is 3.31. The monoisotopic (exact) mass is 587 g/mol. The lowest BCUT2D eigenvalue weighted by atomic mass is 9.99. The van der Waals surface area contributed by atoms with Crippen molar-refractivity contribution in [2.45, 2.75) is 75.6 Å². The van der Waals surface area contributed by atoms with Crippen LogP contribution in [0.4, 0.5) is 4.39 Å². The summed E-state index contributed by atoms with van der Waals surface area (Å²) >= 11 is 0. The molecule has 1 saturated heterocycles. The van der Waals surface area contributed by atoms with Gasteiger partial charge in [-0.15, -0.1) is 0 Å². The Bertz CT molecular complexity index is 1440. The van der Waals surface area contributed by atoms with Crippen LogP contribution in [0.3, 0.4) is 0 Å². The quantitative estimate of drug-likeness (QED) is 0.192. The molecule has 42 heavy (non-hydrogen) atoms. The number of rotatable bonds is 10. The maximum atomic E-state index is 13.7. The van der Waals surface area contributed by atoms with E-state index in [1.54, 1.807) is 18.2 Å². The van der Waals surface area contributed by atoms with Crippen molar-refractivity contribution in [1.29, 1.82) is 0 Å². The number of carboxylic acid groups (broad SMARTS) is 1. The molecular formula is C30H34FNO10. The number of carbonyl (C=O) groups is 2. The number of aromatic nitrogens is 1. The van der Waals surface area contributed by atoms with Gasteiger partial charge in [-0.2, -0.15) is 0 Å². The molecule has 0 aliphatic carbocycles. The predicted molar refractivity (Wildman–Crippen MR) is 148 cm³/mol. The third-order valence-corrected chi connectivity index (χ3v) is 7.05. The van der Waals surface area contributed by atoms with Crippen LogP contribution >= 0.6 is 0 Å². The van der Waals surface area contributed by atoms with E-state index in [1.165, 1.54) is 18.2 Å². The number of halogens is 1. The lowest BCUT2D eigenvalue weighted by molar-refractivity contribution is -0.286. The van der Waals surface area contributed by atoms with Crippen molar-refractivity contribution in [3.8, 4) is 11.1 Å². The molecule has 0 saturated carbocycles. The maximum Gasteiger partial charge on any atom is 0.335 e. The zero-order valence-corrected chi connectivity index (χ0v) is 22.9. The first-order valence-corrected chi connectivity index (χ1v) is 13.4. The molecule has 226 valence electrons. The first-order chi connectivity index (χ1) is 19.9. The summed E-state index contributed by atoms with van der Waals surface area (Å²) in [6.45, 7) is 4.02. The number of hydrogen-bond acceptors (Lipinski definition) is 9. The average Bonchev–Trinajstić information content (AvgIpc) is 3.26. The number of aliphatic carboxylic acids is 1. The van der Waals surface area contributed by atoms with Crippen molar-refractivity contribution in [2.24, 2.45) is 0 Å². The van der Waals surface area contributed by atoms with Crippen LogP contribution in [-0.4, -0.2) is 90.1 Å². The molecular weight excluding hydrogens is 553 g/mol. The molecule has 6 N–H and O–H groups in total. The van der Waals surface area contributed by atoms with Gasteiger partial charge < -0.3 is 44.7 Å².